The Hall–Kier alpha value is -2.62. The highest BCUT2D eigenvalue weighted by Gasteiger charge is 2.35. The minimum absolute atomic E-state index is 0.0168. The molecule has 1 unspecified atom stereocenters. The Morgan fingerprint density at radius 3 is 2.90 bits per heavy atom. The van der Waals surface area contributed by atoms with Crippen LogP contribution in [0.1, 0.15) is 0 Å². The number of carbonyl (C=O) groups is 1. The van der Waals surface area contributed by atoms with Crippen molar-refractivity contribution in [3.05, 3.63) is 54.7 Å². The molecular weight excluding hydrogens is 250 g/mol. The SMILES string of the molecule is O=C1NC=CC2=NCN(c3ccc4ccccc4c3)C12. The molecule has 2 aliphatic rings. The van der Waals surface area contributed by atoms with Crippen molar-refractivity contribution in [1.82, 2.24) is 5.32 Å². The summed E-state index contributed by atoms with van der Waals surface area (Å²) in [4.78, 5) is 18.5. The summed E-state index contributed by atoms with van der Waals surface area (Å²) in [5.41, 5.74) is 1.86. The van der Waals surface area contributed by atoms with E-state index in [9.17, 15) is 4.79 Å². The van der Waals surface area contributed by atoms with E-state index in [2.05, 4.69) is 34.6 Å². The zero-order chi connectivity index (χ0) is 13.5. The lowest BCUT2D eigenvalue weighted by Gasteiger charge is -2.27. The Balaban J connectivity index is 1.77. The van der Waals surface area contributed by atoms with Gasteiger partial charge in [-0.2, -0.15) is 0 Å². The molecule has 2 aromatic carbocycles. The summed E-state index contributed by atoms with van der Waals surface area (Å²) in [6, 6.07) is 14.2. The van der Waals surface area contributed by atoms with Gasteiger partial charge in [0, 0.05) is 11.9 Å². The van der Waals surface area contributed by atoms with Gasteiger partial charge in [-0.3, -0.25) is 9.79 Å². The number of anilines is 1. The third-order valence-corrected chi connectivity index (χ3v) is 3.79. The maximum Gasteiger partial charge on any atom is 0.252 e. The van der Waals surface area contributed by atoms with Gasteiger partial charge in [-0.05, 0) is 29.0 Å². The molecule has 2 aliphatic heterocycles. The Morgan fingerprint density at radius 2 is 2.00 bits per heavy atom. The Morgan fingerprint density at radius 1 is 1.15 bits per heavy atom. The van der Waals surface area contributed by atoms with Crippen LogP contribution in [0.15, 0.2) is 59.7 Å². The second-order valence-electron chi connectivity index (χ2n) is 4.97. The number of hydrogen-bond acceptors (Lipinski definition) is 3. The average molecular weight is 263 g/mol. The molecule has 2 heterocycles. The van der Waals surface area contributed by atoms with Crippen LogP contribution < -0.4 is 10.2 Å². The Kier molecular flexibility index (Phi) is 2.36. The van der Waals surface area contributed by atoms with E-state index >= 15 is 0 Å². The van der Waals surface area contributed by atoms with Crippen LogP contribution in [0.4, 0.5) is 5.69 Å². The van der Waals surface area contributed by atoms with Crippen molar-refractivity contribution in [2.24, 2.45) is 4.99 Å². The maximum absolute atomic E-state index is 12.0. The van der Waals surface area contributed by atoms with Gasteiger partial charge < -0.3 is 10.2 Å². The molecule has 0 saturated heterocycles. The first kappa shape index (κ1) is 11.2. The van der Waals surface area contributed by atoms with Gasteiger partial charge in [-0.15, -0.1) is 0 Å². The molecule has 0 bridgehead atoms. The number of nitrogens with zero attached hydrogens (tertiary/aromatic N) is 2. The molecule has 0 aliphatic carbocycles. The molecule has 0 fully saturated rings. The zero-order valence-corrected chi connectivity index (χ0v) is 10.8. The molecule has 4 rings (SSSR count). The van der Waals surface area contributed by atoms with Crippen LogP contribution in [0.25, 0.3) is 10.8 Å². The van der Waals surface area contributed by atoms with Crippen LogP contribution in [0.2, 0.25) is 0 Å². The van der Waals surface area contributed by atoms with Crippen LogP contribution in [-0.2, 0) is 4.79 Å². The van der Waals surface area contributed by atoms with Crippen LogP contribution in [-0.4, -0.2) is 24.3 Å². The summed E-state index contributed by atoms with van der Waals surface area (Å²) >= 11 is 0. The van der Waals surface area contributed by atoms with Gasteiger partial charge in [0.1, 0.15) is 6.67 Å². The van der Waals surface area contributed by atoms with Gasteiger partial charge in [0.25, 0.3) is 5.91 Å². The Labute approximate surface area is 116 Å². The van der Waals surface area contributed by atoms with E-state index < -0.39 is 0 Å². The molecule has 0 radical (unpaired) electrons. The monoisotopic (exact) mass is 263 g/mol. The van der Waals surface area contributed by atoms with E-state index in [1.807, 2.05) is 29.2 Å². The van der Waals surface area contributed by atoms with Crippen molar-refractivity contribution in [3.63, 3.8) is 0 Å². The highest BCUT2D eigenvalue weighted by atomic mass is 16.2. The highest BCUT2D eigenvalue weighted by molar-refractivity contribution is 6.19. The summed E-state index contributed by atoms with van der Waals surface area (Å²) in [5.74, 6) is -0.0168. The maximum atomic E-state index is 12.0. The lowest BCUT2D eigenvalue weighted by molar-refractivity contribution is -0.120. The molecule has 0 spiro atoms. The minimum Gasteiger partial charge on any atom is -0.335 e. The zero-order valence-electron chi connectivity index (χ0n) is 10.8. The molecule has 1 atom stereocenters. The van der Waals surface area contributed by atoms with Gasteiger partial charge in [0.15, 0.2) is 6.04 Å². The van der Waals surface area contributed by atoms with E-state index in [-0.39, 0.29) is 11.9 Å². The molecule has 0 saturated carbocycles. The summed E-state index contributed by atoms with van der Waals surface area (Å²) < 4.78 is 0. The van der Waals surface area contributed by atoms with Crippen LogP contribution >= 0.6 is 0 Å². The summed E-state index contributed by atoms with van der Waals surface area (Å²) in [6.45, 7) is 0.524. The van der Waals surface area contributed by atoms with Gasteiger partial charge in [-0.1, -0.05) is 30.3 Å². The smallest absolute Gasteiger partial charge is 0.252 e. The van der Waals surface area contributed by atoms with Gasteiger partial charge in [-0.25, -0.2) is 0 Å². The number of benzene rings is 2. The molecular formula is C16H13N3O. The lowest BCUT2D eigenvalue weighted by atomic mass is 10.1. The quantitative estimate of drug-likeness (QED) is 0.856. The van der Waals surface area contributed by atoms with Crippen LogP contribution in [0, 0.1) is 0 Å². The molecule has 0 aromatic heterocycles. The normalized spacial score (nSPS) is 20.8. The van der Waals surface area contributed by atoms with Crippen molar-refractivity contribution < 1.29 is 4.79 Å². The highest BCUT2D eigenvalue weighted by Crippen LogP contribution is 2.27. The lowest BCUT2D eigenvalue weighted by Crippen LogP contribution is -2.48. The Bertz CT molecular complexity index is 763. The first-order valence-corrected chi connectivity index (χ1v) is 6.60. The fraction of sp³-hybridized carbons (Fsp3) is 0.125. The molecule has 1 amide bonds. The van der Waals surface area contributed by atoms with Crippen LogP contribution in [0.5, 0.6) is 0 Å². The molecule has 1 N–H and O–H groups in total. The largest absolute Gasteiger partial charge is 0.335 e. The molecule has 4 heteroatoms. The topological polar surface area (TPSA) is 44.7 Å². The molecule has 98 valence electrons. The van der Waals surface area contributed by atoms with E-state index in [0.717, 1.165) is 11.4 Å². The van der Waals surface area contributed by atoms with Crippen molar-refractivity contribution in [2.45, 2.75) is 6.04 Å². The summed E-state index contributed by atoms with van der Waals surface area (Å²) in [6.07, 6.45) is 3.52. The first-order valence-electron chi connectivity index (χ1n) is 6.60. The van der Waals surface area contributed by atoms with E-state index in [1.165, 1.54) is 10.8 Å². The fourth-order valence-corrected chi connectivity index (χ4v) is 2.78. The van der Waals surface area contributed by atoms with Gasteiger partial charge in [0.2, 0.25) is 0 Å². The molecule has 4 nitrogen and oxygen atoms in total. The predicted molar refractivity (Wildman–Crippen MR) is 79.8 cm³/mol. The summed E-state index contributed by atoms with van der Waals surface area (Å²) in [5, 5.41) is 5.12. The van der Waals surface area contributed by atoms with Gasteiger partial charge >= 0.3 is 0 Å². The van der Waals surface area contributed by atoms with Crippen molar-refractivity contribution in [3.8, 4) is 0 Å². The number of fused-ring (bicyclic) bond motifs is 2. The number of hydrogen-bond donors (Lipinski definition) is 1. The van der Waals surface area contributed by atoms with Gasteiger partial charge in [0.05, 0.1) is 5.71 Å². The number of carbonyl (C=O) groups excluding carboxylic acids is 1. The summed E-state index contributed by atoms with van der Waals surface area (Å²) in [7, 11) is 0. The van der Waals surface area contributed by atoms with E-state index in [1.54, 1.807) is 6.20 Å². The van der Waals surface area contributed by atoms with Crippen molar-refractivity contribution in [1.29, 1.82) is 0 Å². The second kappa shape index (κ2) is 4.20. The van der Waals surface area contributed by atoms with Crippen molar-refractivity contribution in [2.75, 3.05) is 11.6 Å². The molecule has 20 heavy (non-hydrogen) atoms. The third kappa shape index (κ3) is 1.61. The minimum atomic E-state index is -0.304. The number of rotatable bonds is 1. The van der Waals surface area contributed by atoms with Crippen LogP contribution in [0.3, 0.4) is 0 Å². The second-order valence-corrected chi connectivity index (χ2v) is 4.97. The third-order valence-electron chi connectivity index (χ3n) is 3.79. The number of amides is 1. The fourth-order valence-electron chi connectivity index (χ4n) is 2.78. The van der Waals surface area contributed by atoms with Crippen molar-refractivity contribution >= 4 is 28.1 Å². The average Bonchev–Trinajstić information content (AvgIpc) is 2.92. The molecule has 2 aromatic rings. The number of aliphatic imine (C=N–C) groups is 1. The first-order chi connectivity index (χ1) is 9.83. The number of nitrogens with one attached hydrogen (secondary N) is 1. The predicted octanol–water partition coefficient (Wildman–Crippen LogP) is 2.07. The standard InChI is InChI=1S/C16H13N3O/c20-16-15-14(7-8-17-16)18-10-19(15)13-6-5-11-3-1-2-4-12(11)9-13/h1-9,15H,10H2,(H,17,20). The van der Waals surface area contributed by atoms with E-state index in [0.29, 0.717) is 6.67 Å². The van der Waals surface area contributed by atoms with E-state index in [4.69, 9.17) is 0 Å².